The first kappa shape index (κ1) is 17.0. The molecule has 0 aliphatic carbocycles. The van der Waals surface area contributed by atoms with Crippen LogP contribution < -0.4 is 16.1 Å². The zero-order valence-corrected chi connectivity index (χ0v) is 14.8. The van der Waals surface area contributed by atoms with E-state index in [9.17, 15) is 14.9 Å². The van der Waals surface area contributed by atoms with E-state index in [1.54, 1.807) is 24.3 Å². The van der Waals surface area contributed by atoms with Crippen LogP contribution in [0, 0.1) is 10.1 Å². The number of amides is 1. The molecule has 2 aromatic rings. The molecular weight excluding hydrogens is 410 g/mol. The van der Waals surface area contributed by atoms with Gasteiger partial charge in [-0.2, -0.15) is 5.10 Å². The Labute approximate surface area is 155 Å². The lowest BCUT2D eigenvalue weighted by Gasteiger charge is -2.07. The van der Waals surface area contributed by atoms with Gasteiger partial charge in [0, 0.05) is 27.9 Å². The highest BCUT2D eigenvalue weighted by Gasteiger charge is 2.26. The van der Waals surface area contributed by atoms with Crippen molar-refractivity contribution in [2.75, 3.05) is 10.6 Å². The first-order chi connectivity index (χ1) is 11.9. The van der Waals surface area contributed by atoms with E-state index in [-0.39, 0.29) is 22.4 Å². The molecule has 0 bridgehead atoms. The van der Waals surface area contributed by atoms with Gasteiger partial charge in [-0.1, -0.05) is 22.0 Å². The second-order valence-corrected chi connectivity index (χ2v) is 6.30. The molecule has 1 aliphatic rings. The highest BCUT2D eigenvalue weighted by Crippen LogP contribution is 2.26. The standard InChI is InChI=1S/C15H10BrN5O3S/c16-8-4-5-11-12(6-8)18-14(22)13(11)19-20-15(25)17-9-2-1-3-10(7-9)21(23)24/h1-7H,(H2,17,20,25)(H,18,19,22). The third-order valence-corrected chi connectivity index (χ3v) is 3.97. The Morgan fingerprint density at radius 2 is 2.08 bits per heavy atom. The van der Waals surface area contributed by atoms with Crippen LogP contribution in [0.4, 0.5) is 17.1 Å². The molecule has 1 amide bonds. The summed E-state index contributed by atoms with van der Waals surface area (Å²) in [5, 5.41) is 20.4. The quantitative estimate of drug-likeness (QED) is 0.400. The number of thiocarbonyl (C=S) groups is 1. The molecule has 8 nitrogen and oxygen atoms in total. The molecule has 1 heterocycles. The Hall–Kier alpha value is -2.85. The van der Waals surface area contributed by atoms with Crippen molar-refractivity contribution >= 4 is 61.9 Å². The van der Waals surface area contributed by atoms with Crippen molar-refractivity contribution in [3.8, 4) is 0 Å². The van der Waals surface area contributed by atoms with Gasteiger partial charge >= 0.3 is 0 Å². The molecule has 1 aliphatic heterocycles. The van der Waals surface area contributed by atoms with Crippen molar-refractivity contribution in [3.63, 3.8) is 0 Å². The number of benzene rings is 2. The summed E-state index contributed by atoms with van der Waals surface area (Å²) in [7, 11) is 0. The smallest absolute Gasteiger partial charge is 0.276 e. The monoisotopic (exact) mass is 419 g/mol. The molecule has 2 aromatic carbocycles. The van der Waals surface area contributed by atoms with Crippen molar-refractivity contribution in [1.29, 1.82) is 0 Å². The molecule has 0 atom stereocenters. The molecule has 0 unspecified atom stereocenters. The van der Waals surface area contributed by atoms with Crippen molar-refractivity contribution in [1.82, 2.24) is 5.43 Å². The van der Waals surface area contributed by atoms with E-state index < -0.39 is 4.92 Å². The lowest BCUT2D eigenvalue weighted by Crippen LogP contribution is -2.27. The number of carbonyl (C=O) groups is 1. The molecule has 0 fully saturated rings. The molecule has 0 saturated carbocycles. The van der Waals surface area contributed by atoms with Gasteiger partial charge < -0.3 is 10.6 Å². The summed E-state index contributed by atoms with van der Waals surface area (Å²) in [6.45, 7) is 0. The summed E-state index contributed by atoms with van der Waals surface area (Å²) in [5.74, 6) is -0.348. The van der Waals surface area contributed by atoms with E-state index in [1.807, 2.05) is 0 Å². The van der Waals surface area contributed by atoms with E-state index in [0.29, 0.717) is 16.9 Å². The van der Waals surface area contributed by atoms with Gasteiger partial charge in [-0.15, -0.1) is 0 Å². The number of nitro groups is 1. The van der Waals surface area contributed by atoms with Crippen molar-refractivity contribution in [2.45, 2.75) is 0 Å². The second-order valence-electron chi connectivity index (χ2n) is 4.98. The Morgan fingerprint density at radius 3 is 2.84 bits per heavy atom. The number of hydrogen-bond donors (Lipinski definition) is 3. The number of fused-ring (bicyclic) bond motifs is 1. The molecule has 3 N–H and O–H groups in total. The fraction of sp³-hybridized carbons (Fsp3) is 0. The van der Waals surface area contributed by atoms with E-state index in [2.05, 4.69) is 37.1 Å². The Balaban J connectivity index is 1.72. The summed E-state index contributed by atoms with van der Waals surface area (Å²) >= 11 is 8.43. The average molecular weight is 420 g/mol. The number of nitrogens with zero attached hydrogens (tertiary/aromatic N) is 2. The minimum atomic E-state index is -0.500. The van der Waals surface area contributed by atoms with Crippen molar-refractivity contribution in [2.24, 2.45) is 5.10 Å². The number of carbonyl (C=O) groups excluding carboxylic acids is 1. The van der Waals surface area contributed by atoms with Crippen molar-refractivity contribution in [3.05, 3.63) is 62.6 Å². The van der Waals surface area contributed by atoms with Gasteiger partial charge in [-0.05, 0) is 36.5 Å². The van der Waals surface area contributed by atoms with Crippen LogP contribution in [0.1, 0.15) is 5.56 Å². The van der Waals surface area contributed by atoms with Gasteiger partial charge in [0.25, 0.3) is 11.6 Å². The zero-order valence-electron chi connectivity index (χ0n) is 12.4. The van der Waals surface area contributed by atoms with Crippen LogP contribution in [-0.4, -0.2) is 21.7 Å². The van der Waals surface area contributed by atoms with Gasteiger partial charge in [0.2, 0.25) is 0 Å². The predicted octanol–water partition coefficient (Wildman–Crippen LogP) is 3.00. The predicted molar refractivity (Wildman–Crippen MR) is 102 cm³/mol. The summed E-state index contributed by atoms with van der Waals surface area (Å²) in [6, 6.07) is 11.2. The highest BCUT2D eigenvalue weighted by molar-refractivity contribution is 9.10. The molecule has 10 heteroatoms. The van der Waals surface area contributed by atoms with Gasteiger partial charge in [-0.25, -0.2) is 0 Å². The molecule has 0 aromatic heterocycles. The number of non-ortho nitro benzene ring substituents is 1. The fourth-order valence-electron chi connectivity index (χ4n) is 2.20. The summed E-state index contributed by atoms with van der Waals surface area (Å²) in [4.78, 5) is 22.3. The Kier molecular flexibility index (Phi) is 4.72. The third-order valence-electron chi connectivity index (χ3n) is 3.28. The average Bonchev–Trinajstić information content (AvgIpc) is 2.87. The number of nitro benzene ring substituents is 1. The normalized spacial score (nSPS) is 14.0. The summed E-state index contributed by atoms with van der Waals surface area (Å²) in [6.07, 6.45) is 0. The van der Waals surface area contributed by atoms with E-state index in [1.165, 1.54) is 18.2 Å². The van der Waals surface area contributed by atoms with Gasteiger partial charge in [0.05, 0.1) is 10.6 Å². The first-order valence-electron chi connectivity index (χ1n) is 6.94. The van der Waals surface area contributed by atoms with Crippen molar-refractivity contribution < 1.29 is 9.72 Å². The highest BCUT2D eigenvalue weighted by atomic mass is 79.9. The zero-order chi connectivity index (χ0) is 18.0. The lowest BCUT2D eigenvalue weighted by molar-refractivity contribution is -0.384. The summed E-state index contributed by atoms with van der Waals surface area (Å²) < 4.78 is 0.837. The van der Waals surface area contributed by atoms with Crippen LogP contribution >= 0.6 is 28.1 Å². The molecule has 0 saturated heterocycles. The summed E-state index contributed by atoms with van der Waals surface area (Å²) in [5.41, 5.74) is 4.45. The van der Waals surface area contributed by atoms with E-state index in [4.69, 9.17) is 12.2 Å². The van der Waals surface area contributed by atoms with Crippen LogP contribution in [0.2, 0.25) is 0 Å². The third kappa shape index (κ3) is 3.80. The number of hydrogen-bond acceptors (Lipinski definition) is 5. The van der Waals surface area contributed by atoms with Crippen LogP contribution in [0.25, 0.3) is 0 Å². The maximum absolute atomic E-state index is 12.0. The number of hydrazone groups is 1. The molecule has 0 spiro atoms. The van der Waals surface area contributed by atoms with Gasteiger partial charge in [0.1, 0.15) is 0 Å². The minimum absolute atomic E-state index is 0.0613. The van der Waals surface area contributed by atoms with E-state index in [0.717, 1.165) is 4.47 Å². The number of nitrogens with one attached hydrogen (secondary N) is 3. The minimum Gasteiger partial charge on any atom is -0.331 e. The number of rotatable bonds is 3. The van der Waals surface area contributed by atoms with Gasteiger partial charge in [0.15, 0.2) is 10.8 Å². The second kappa shape index (κ2) is 6.95. The molecule has 3 rings (SSSR count). The van der Waals surface area contributed by atoms with Crippen LogP contribution in [0.3, 0.4) is 0 Å². The Bertz CT molecular complexity index is 931. The lowest BCUT2D eigenvalue weighted by atomic mass is 10.1. The maximum atomic E-state index is 12.0. The molecule has 126 valence electrons. The van der Waals surface area contributed by atoms with Crippen LogP contribution in [0.5, 0.6) is 0 Å². The Morgan fingerprint density at radius 1 is 1.28 bits per heavy atom. The molecule has 0 radical (unpaired) electrons. The molecular formula is C15H10BrN5O3S. The first-order valence-corrected chi connectivity index (χ1v) is 8.14. The number of halogens is 1. The van der Waals surface area contributed by atoms with E-state index >= 15 is 0 Å². The fourth-order valence-corrected chi connectivity index (χ4v) is 2.73. The largest absolute Gasteiger partial charge is 0.331 e. The number of anilines is 2. The van der Waals surface area contributed by atoms with Crippen LogP contribution in [0.15, 0.2) is 52.0 Å². The SMILES string of the molecule is O=C1Nc2cc(Br)ccc2/C1=N/NC(=S)Nc1cccc([N+](=O)[O-])c1. The van der Waals surface area contributed by atoms with Gasteiger partial charge in [-0.3, -0.25) is 20.3 Å². The topological polar surface area (TPSA) is 109 Å². The van der Waals surface area contributed by atoms with Crippen LogP contribution in [-0.2, 0) is 4.79 Å². The maximum Gasteiger partial charge on any atom is 0.276 e. The molecule has 25 heavy (non-hydrogen) atoms.